The second-order valence-corrected chi connectivity index (χ2v) is 10.3. The van der Waals surface area contributed by atoms with Gasteiger partial charge in [0.1, 0.15) is 5.82 Å². The van der Waals surface area contributed by atoms with Crippen molar-refractivity contribution in [1.29, 1.82) is 0 Å². The van der Waals surface area contributed by atoms with E-state index in [4.69, 9.17) is 0 Å². The van der Waals surface area contributed by atoms with Crippen LogP contribution >= 0.6 is 0 Å². The van der Waals surface area contributed by atoms with Gasteiger partial charge in [-0.15, -0.1) is 0 Å². The van der Waals surface area contributed by atoms with Crippen LogP contribution in [0, 0.1) is 6.92 Å². The standard InChI is InChI=1S/C21H31N5O2S/c1-6-22-20-23-16(2)15-19(24-20)25-11-13-26(14-12-25)29(27,28)18-9-7-17(8-10-18)21(3,4)5/h7-10,15H,6,11-14H2,1-5H3,(H,22,23,24). The molecule has 7 nitrogen and oxygen atoms in total. The number of nitrogens with one attached hydrogen (secondary N) is 1. The van der Waals surface area contributed by atoms with Gasteiger partial charge in [0, 0.05) is 44.5 Å². The number of benzene rings is 1. The van der Waals surface area contributed by atoms with Crippen LogP contribution in [0.5, 0.6) is 0 Å². The van der Waals surface area contributed by atoms with E-state index in [0.29, 0.717) is 37.0 Å². The third-order valence-corrected chi connectivity index (χ3v) is 7.01. The SMILES string of the molecule is CCNc1nc(C)cc(N2CCN(S(=O)(=O)c3ccc(C(C)(C)C)cc3)CC2)n1. The van der Waals surface area contributed by atoms with Crippen molar-refractivity contribution >= 4 is 21.8 Å². The molecule has 1 saturated heterocycles. The summed E-state index contributed by atoms with van der Waals surface area (Å²) < 4.78 is 27.7. The minimum Gasteiger partial charge on any atom is -0.354 e. The number of aromatic nitrogens is 2. The van der Waals surface area contributed by atoms with Crippen LogP contribution < -0.4 is 10.2 Å². The molecular formula is C21H31N5O2S. The molecule has 0 atom stereocenters. The minimum atomic E-state index is -3.49. The summed E-state index contributed by atoms with van der Waals surface area (Å²) in [5, 5.41) is 3.14. The molecule has 29 heavy (non-hydrogen) atoms. The molecule has 8 heteroatoms. The van der Waals surface area contributed by atoms with Crippen LogP contribution in [0.3, 0.4) is 0 Å². The zero-order valence-corrected chi connectivity index (χ0v) is 18.8. The van der Waals surface area contributed by atoms with Crippen LogP contribution in [0.4, 0.5) is 11.8 Å². The number of piperazine rings is 1. The van der Waals surface area contributed by atoms with Gasteiger partial charge in [-0.05, 0) is 37.0 Å². The highest BCUT2D eigenvalue weighted by Gasteiger charge is 2.29. The fourth-order valence-electron chi connectivity index (χ4n) is 3.38. The minimum absolute atomic E-state index is 0.00489. The first kappa shape index (κ1) is 21.5. The van der Waals surface area contributed by atoms with E-state index in [-0.39, 0.29) is 5.41 Å². The van der Waals surface area contributed by atoms with Gasteiger partial charge in [0.15, 0.2) is 0 Å². The maximum atomic E-state index is 13.1. The first-order valence-corrected chi connectivity index (χ1v) is 11.5. The van der Waals surface area contributed by atoms with Crippen LogP contribution in [0.25, 0.3) is 0 Å². The molecule has 2 aromatic rings. The summed E-state index contributed by atoms with van der Waals surface area (Å²) >= 11 is 0. The number of sulfonamides is 1. The quantitative estimate of drug-likeness (QED) is 0.806. The number of aryl methyl sites for hydroxylation is 1. The topological polar surface area (TPSA) is 78.4 Å². The number of nitrogens with zero attached hydrogens (tertiary/aromatic N) is 4. The summed E-state index contributed by atoms with van der Waals surface area (Å²) in [7, 11) is -3.49. The number of anilines is 2. The monoisotopic (exact) mass is 417 g/mol. The fourth-order valence-corrected chi connectivity index (χ4v) is 4.81. The normalized spacial score (nSPS) is 16.1. The van der Waals surface area contributed by atoms with Crippen LogP contribution in [0.15, 0.2) is 35.2 Å². The first-order chi connectivity index (χ1) is 13.6. The van der Waals surface area contributed by atoms with Crippen molar-refractivity contribution in [3.05, 3.63) is 41.6 Å². The van der Waals surface area contributed by atoms with Gasteiger partial charge >= 0.3 is 0 Å². The molecule has 0 radical (unpaired) electrons. The molecule has 0 spiro atoms. The zero-order valence-electron chi connectivity index (χ0n) is 17.9. The maximum Gasteiger partial charge on any atom is 0.243 e. The molecule has 2 heterocycles. The van der Waals surface area contributed by atoms with E-state index in [1.165, 1.54) is 0 Å². The third kappa shape index (κ3) is 4.87. The van der Waals surface area contributed by atoms with Crippen molar-refractivity contribution in [2.75, 3.05) is 42.9 Å². The van der Waals surface area contributed by atoms with E-state index in [2.05, 4.69) is 41.0 Å². The zero-order chi connectivity index (χ0) is 21.2. The maximum absolute atomic E-state index is 13.1. The summed E-state index contributed by atoms with van der Waals surface area (Å²) in [5.41, 5.74) is 2.01. The Balaban J connectivity index is 1.71. The van der Waals surface area contributed by atoms with E-state index in [1.807, 2.05) is 32.0 Å². The first-order valence-electron chi connectivity index (χ1n) is 10.1. The Bertz CT molecular complexity index is 944. The van der Waals surface area contributed by atoms with Crippen molar-refractivity contribution in [2.24, 2.45) is 0 Å². The molecular weight excluding hydrogens is 386 g/mol. The van der Waals surface area contributed by atoms with Gasteiger partial charge in [-0.2, -0.15) is 9.29 Å². The Hall–Kier alpha value is -2.19. The number of hydrogen-bond donors (Lipinski definition) is 1. The van der Waals surface area contributed by atoms with E-state index < -0.39 is 10.0 Å². The van der Waals surface area contributed by atoms with Crippen LogP contribution in [0.1, 0.15) is 39.0 Å². The molecule has 1 aromatic carbocycles. The predicted octanol–water partition coefficient (Wildman–Crippen LogP) is 3.03. The Morgan fingerprint density at radius 2 is 1.66 bits per heavy atom. The molecule has 0 amide bonds. The van der Waals surface area contributed by atoms with Crippen molar-refractivity contribution in [3.63, 3.8) is 0 Å². The molecule has 0 saturated carbocycles. The highest BCUT2D eigenvalue weighted by molar-refractivity contribution is 7.89. The van der Waals surface area contributed by atoms with E-state index in [9.17, 15) is 8.42 Å². The lowest BCUT2D eigenvalue weighted by Crippen LogP contribution is -2.49. The Morgan fingerprint density at radius 1 is 1.03 bits per heavy atom. The van der Waals surface area contributed by atoms with Crippen LogP contribution in [0.2, 0.25) is 0 Å². The van der Waals surface area contributed by atoms with Crippen molar-refractivity contribution in [2.45, 2.75) is 44.9 Å². The fraction of sp³-hybridized carbons (Fsp3) is 0.524. The van der Waals surface area contributed by atoms with E-state index >= 15 is 0 Å². The second-order valence-electron chi connectivity index (χ2n) is 8.39. The lowest BCUT2D eigenvalue weighted by Gasteiger charge is -2.35. The van der Waals surface area contributed by atoms with Crippen LogP contribution in [-0.4, -0.2) is 55.4 Å². The lowest BCUT2D eigenvalue weighted by molar-refractivity contribution is 0.383. The van der Waals surface area contributed by atoms with Crippen molar-refractivity contribution < 1.29 is 8.42 Å². The molecule has 1 aromatic heterocycles. The summed E-state index contributed by atoms with van der Waals surface area (Å²) in [6.45, 7) is 13.1. The smallest absolute Gasteiger partial charge is 0.243 e. The van der Waals surface area contributed by atoms with Gasteiger partial charge in [-0.3, -0.25) is 0 Å². The highest BCUT2D eigenvalue weighted by Crippen LogP contribution is 2.26. The molecule has 0 aliphatic carbocycles. The summed E-state index contributed by atoms with van der Waals surface area (Å²) in [4.78, 5) is 11.4. The van der Waals surface area contributed by atoms with E-state index in [1.54, 1.807) is 16.4 Å². The Labute approximate surface area is 174 Å². The highest BCUT2D eigenvalue weighted by atomic mass is 32.2. The van der Waals surface area contributed by atoms with Gasteiger partial charge < -0.3 is 10.2 Å². The van der Waals surface area contributed by atoms with E-state index in [0.717, 1.165) is 23.6 Å². The van der Waals surface area contributed by atoms with Gasteiger partial charge in [0.2, 0.25) is 16.0 Å². The molecule has 1 N–H and O–H groups in total. The van der Waals surface area contributed by atoms with Gasteiger partial charge in [0.25, 0.3) is 0 Å². The van der Waals surface area contributed by atoms with Crippen molar-refractivity contribution in [3.8, 4) is 0 Å². The number of hydrogen-bond acceptors (Lipinski definition) is 6. The predicted molar refractivity (Wildman–Crippen MR) is 117 cm³/mol. The average Bonchev–Trinajstić information content (AvgIpc) is 2.67. The van der Waals surface area contributed by atoms with Crippen molar-refractivity contribution in [1.82, 2.24) is 14.3 Å². The summed E-state index contributed by atoms with van der Waals surface area (Å²) in [6.07, 6.45) is 0. The molecule has 1 aliphatic rings. The third-order valence-electron chi connectivity index (χ3n) is 5.10. The molecule has 1 fully saturated rings. The second kappa shape index (κ2) is 8.28. The molecule has 158 valence electrons. The molecule has 1 aliphatic heterocycles. The number of rotatable bonds is 5. The van der Waals surface area contributed by atoms with Crippen LogP contribution in [-0.2, 0) is 15.4 Å². The Kier molecular flexibility index (Phi) is 6.14. The molecule has 3 rings (SSSR count). The summed E-state index contributed by atoms with van der Waals surface area (Å²) in [5.74, 6) is 1.44. The molecule has 0 bridgehead atoms. The van der Waals surface area contributed by atoms with Gasteiger partial charge in [-0.25, -0.2) is 13.4 Å². The molecule has 0 unspecified atom stereocenters. The summed E-state index contributed by atoms with van der Waals surface area (Å²) in [6, 6.07) is 9.21. The average molecular weight is 418 g/mol. The van der Waals surface area contributed by atoms with Gasteiger partial charge in [-0.1, -0.05) is 32.9 Å². The Morgan fingerprint density at radius 3 is 2.21 bits per heavy atom. The largest absolute Gasteiger partial charge is 0.354 e. The lowest BCUT2D eigenvalue weighted by atomic mass is 9.87. The van der Waals surface area contributed by atoms with Gasteiger partial charge in [0.05, 0.1) is 4.90 Å².